The van der Waals surface area contributed by atoms with Gasteiger partial charge in [-0.05, 0) is 37.4 Å². The van der Waals surface area contributed by atoms with Crippen molar-refractivity contribution >= 4 is 38.3 Å². The highest BCUT2D eigenvalue weighted by molar-refractivity contribution is 7.12. The van der Waals surface area contributed by atoms with Crippen molar-refractivity contribution in [2.24, 2.45) is 5.73 Å². The van der Waals surface area contributed by atoms with Crippen LogP contribution in [0.2, 0.25) is 0 Å². The van der Waals surface area contributed by atoms with Gasteiger partial charge in [0.05, 0.1) is 10.9 Å². The van der Waals surface area contributed by atoms with Gasteiger partial charge in [0.1, 0.15) is 21.7 Å². The van der Waals surface area contributed by atoms with Crippen molar-refractivity contribution in [3.63, 3.8) is 0 Å². The summed E-state index contributed by atoms with van der Waals surface area (Å²) in [4.78, 5) is 26.8. The predicted octanol–water partition coefficient (Wildman–Crippen LogP) is 2.06. The Labute approximate surface area is 150 Å². The molecule has 0 unspecified atom stereocenters. The predicted molar refractivity (Wildman–Crippen MR) is 97.2 cm³/mol. The number of benzene rings is 1. The molecular formula is C17H16F2N4O2S. The van der Waals surface area contributed by atoms with Crippen molar-refractivity contribution in [3.8, 4) is 0 Å². The zero-order valence-electron chi connectivity index (χ0n) is 13.9. The number of H-pyrrole nitrogens is 1. The van der Waals surface area contributed by atoms with E-state index >= 15 is 4.39 Å². The molecule has 0 radical (unpaired) electrons. The lowest BCUT2D eigenvalue weighted by Gasteiger charge is -2.47. The number of aromatic nitrogens is 2. The minimum Gasteiger partial charge on any atom is -0.363 e. The number of anilines is 1. The van der Waals surface area contributed by atoms with E-state index in [1.54, 1.807) is 9.47 Å². The molecule has 0 atom stereocenters. The third kappa shape index (κ3) is 2.04. The molecule has 0 bridgehead atoms. The number of hydrogen-bond acceptors (Lipinski definition) is 5. The second-order valence-corrected chi connectivity index (χ2v) is 8.37. The number of hydrogen-bond donors (Lipinski definition) is 2. The molecule has 3 heterocycles. The molecule has 6 nitrogen and oxygen atoms in total. The molecule has 9 heteroatoms. The van der Waals surface area contributed by atoms with E-state index in [-0.39, 0.29) is 28.0 Å². The van der Waals surface area contributed by atoms with E-state index in [1.165, 1.54) is 0 Å². The molecule has 2 aliphatic rings. The van der Waals surface area contributed by atoms with Crippen LogP contribution in [0.5, 0.6) is 0 Å². The average molecular weight is 378 g/mol. The highest BCUT2D eigenvalue weighted by Gasteiger charge is 2.39. The number of halogens is 2. The van der Waals surface area contributed by atoms with Crippen molar-refractivity contribution in [2.45, 2.75) is 31.3 Å². The number of pyridine rings is 1. The van der Waals surface area contributed by atoms with E-state index < -0.39 is 28.2 Å². The first-order valence-electron chi connectivity index (χ1n) is 8.40. The molecular weight excluding hydrogens is 362 g/mol. The fraction of sp³-hybridized carbons (Fsp3) is 0.412. The average Bonchev–Trinajstić information content (AvgIpc) is 3.30. The van der Waals surface area contributed by atoms with Crippen LogP contribution in [0.3, 0.4) is 0 Å². The van der Waals surface area contributed by atoms with E-state index in [9.17, 15) is 14.0 Å². The topological polar surface area (TPSA) is 84.1 Å². The summed E-state index contributed by atoms with van der Waals surface area (Å²) < 4.78 is 34.4. The monoisotopic (exact) mass is 378 g/mol. The number of aromatic amines is 1. The number of nitrogens with zero attached hydrogens (tertiary/aromatic N) is 2. The van der Waals surface area contributed by atoms with Gasteiger partial charge < -0.3 is 15.2 Å². The molecule has 1 saturated carbocycles. The smallest absolute Gasteiger partial charge is 0.271 e. The van der Waals surface area contributed by atoms with E-state index in [1.807, 2.05) is 6.92 Å². The minimum absolute atomic E-state index is 0.0102. The van der Waals surface area contributed by atoms with Gasteiger partial charge in [0.15, 0.2) is 5.82 Å². The molecule has 3 aromatic rings. The Morgan fingerprint density at radius 2 is 2.00 bits per heavy atom. The second kappa shape index (κ2) is 4.92. The molecule has 26 heavy (non-hydrogen) atoms. The van der Waals surface area contributed by atoms with Gasteiger partial charge in [-0.1, -0.05) is 0 Å². The quantitative estimate of drug-likeness (QED) is 0.715. The molecule has 2 fully saturated rings. The summed E-state index contributed by atoms with van der Waals surface area (Å²) in [5.74, 6) is -1.57. The van der Waals surface area contributed by atoms with Gasteiger partial charge in [0, 0.05) is 24.7 Å². The van der Waals surface area contributed by atoms with Gasteiger partial charge in [0.2, 0.25) is 5.43 Å². The normalized spacial score (nSPS) is 19.3. The lowest BCUT2D eigenvalue weighted by atomic mass is 9.92. The molecule has 2 aromatic heterocycles. The maximum atomic E-state index is 15.5. The van der Waals surface area contributed by atoms with Gasteiger partial charge in [-0.2, -0.15) is 0 Å². The Bertz CT molecular complexity index is 1200. The Hall–Kier alpha value is -2.26. The highest BCUT2D eigenvalue weighted by Crippen LogP contribution is 2.42. The van der Waals surface area contributed by atoms with Crippen molar-refractivity contribution in [1.82, 2.24) is 8.94 Å². The lowest BCUT2D eigenvalue weighted by molar-refractivity contribution is 0.357. The summed E-state index contributed by atoms with van der Waals surface area (Å²) in [6.45, 7) is 2.49. The summed E-state index contributed by atoms with van der Waals surface area (Å²) >= 11 is 1.02. The molecule has 3 N–H and O–H groups in total. The van der Waals surface area contributed by atoms with Gasteiger partial charge in [-0.3, -0.25) is 14.0 Å². The van der Waals surface area contributed by atoms with Crippen LogP contribution in [-0.4, -0.2) is 27.6 Å². The third-order valence-corrected chi connectivity index (χ3v) is 5.99. The van der Waals surface area contributed by atoms with Crippen LogP contribution in [0.1, 0.15) is 25.8 Å². The summed E-state index contributed by atoms with van der Waals surface area (Å²) in [5.41, 5.74) is 4.25. The Balaban J connectivity index is 1.90. The first-order valence-corrected chi connectivity index (χ1v) is 9.21. The molecule has 1 aliphatic carbocycles. The van der Waals surface area contributed by atoms with Gasteiger partial charge in [0.25, 0.3) is 5.56 Å². The summed E-state index contributed by atoms with van der Waals surface area (Å²) in [5, 5.41) is -0.123. The molecule has 0 amide bonds. The molecule has 1 aromatic carbocycles. The maximum absolute atomic E-state index is 15.5. The highest BCUT2D eigenvalue weighted by atomic mass is 32.1. The van der Waals surface area contributed by atoms with Crippen LogP contribution >= 0.6 is 11.5 Å². The van der Waals surface area contributed by atoms with E-state index in [4.69, 9.17) is 5.73 Å². The fourth-order valence-corrected chi connectivity index (χ4v) is 4.78. The fourth-order valence-electron chi connectivity index (χ4n) is 3.86. The zero-order valence-corrected chi connectivity index (χ0v) is 14.8. The van der Waals surface area contributed by atoms with Crippen LogP contribution < -0.4 is 21.6 Å². The van der Waals surface area contributed by atoms with Crippen LogP contribution in [0, 0.1) is 11.6 Å². The van der Waals surface area contributed by atoms with Crippen molar-refractivity contribution in [2.75, 3.05) is 18.0 Å². The van der Waals surface area contributed by atoms with Crippen LogP contribution in [-0.2, 0) is 0 Å². The number of fused-ring (bicyclic) bond motifs is 2. The maximum Gasteiger partial charge on any atom is 0.271 e. The van der Waals surface area contributed by atoms with Gasteiger partial charge in [-0.25, -0.2) is 8.78 Å². The molecule has 1 aliphatic heterocycles. The van der Waals surface area contributed by atoms with Crippen molar-refractivity contribution in [3.05, 3.63) is 38.3 Å². The van der Waals surface area contributed by atoms with Crippen LogP contribution in [0.15, 0.2) is 15.7 Å². The zero-order chi connectivity index (χ0) is 18.4. The Morgan fingerprint density at radius 3 is 2.62 bits per heavy atom. The van der Waals surface area contributed by atoms with Crippen LogP contribution in [0.4, 0.5) is 14.5 Å². The lowest BCUT2D eigenvalue weighted by Crippen LogP contribution is -2.66. The minimum atomic E-state index is -0.809. The molecule has 0 spiro atoms. The Morgan fingerprint density at radius 1 is 1.31 bits per heavy atom. The SMILES string of the molecule is CC1(N)CN(c2c(F)cc3c(=O)c4c(=O)[nH]sc4n(C4CC4)c3c2F)C1. The first kappa shape index (κ1) is 16.0. The Kier molecular flexibility index (Phi) is 3.02. The van der Waals surface area contributed by atoms with Gasteiger partial charge >= 0.3 is 0 Å². The number of rotatable bonds is 2. The number of nitrogens with two attached hydrogens (primary N) is 1. The van der Waals surface area contributed by atoms with Crippen molar-refractivity contribution < 1.29 is 8.78 Å². The summed E-state index contributed by atoms with van der Waals surface area (Å²) in [6.07, 6.45) is 1.66. The third-order valence-electron chi connectivity index (χ3n) is 5.11. The van der Waals surface area contributed by atoms with E-state index in [0.29, 0.717) is 17.9 Å². The van der Waals surface area contributed by atoms with E-state index in [0.717, 1.165) is 30.4 Å². The standard InChI is InChI=1S/C17H16F2N4O2S/c1-17(20)5-22(6-17)13-9(18)4-8-12(11(13)19)23(7-2-3-7)16-10(14(8)24)15(25)21-26-16/h4,7H,2-3,5-6,20H2,1H3,(H,21,25). The van der Waals surface area contributed by atoms with E-state index in [2.05, 4.69) is 4.37 Å². The largest absolute Gasteiger partial charge is 0.363 e. The van der Waals surface area contributed by atoms with Crippen molar-refractivity contribution in [1.29, 1.82) is 0 Å². The van der Waals surface area contributed by atoms with Crippen LogP contribution in [0.25, 0.3) is 21.1 Å². The second-order valence-electron chi connectivity index (χ2n) is 7.57. The number of nitrogens with one attached hydrogen (secondary N) is 1. The molecule has 136 valence electrons. The van der Waals surface area contributed by atoms with Gasteiger partial charge in [-0.15, -0.1) is 0 Å². The summed E-state index contributed by atoms with van der Waals surface area (Å²) in [6, 6.07) is 1.06. The molecule has 5 rings (SSSR count). The molecule has 1 saturated heterocycles. The first-order chi connectivity index (χ1) is 12.3. The summed E-state index contributed by atoms with van der Waals surface area (Å²) in [7, 11) is 0.